The van der Waals surface area contributed by atoms with Crippen molar-refractivity contribution in [1.82, 2.24) is 0 Å². The summed E-state index contributed by atoms with van der Waals surface area (Å²) >= 11 is 0. The summed E-state index contributed by atoms with van der Waals surface area (Å²) in [6.07, 6.45) is 21.5. The fourth-order valence-electron chi connectivity index (χ4n) is 2.88. The molecular formula is C22H38O3. The average Bonchev–Trinajstić information content (AvgIpc) is 2.58. The maximum absolute atomic E-state index is 11.7. The summed E-state index contributed by atoms with van der Waals surface area (Å²) in [4.78, 5) is 32.7. The lowest BCUT2D eigenvalue weighted by Crippen LogP contribution is -1.93. The maximum Gasteiger partial charge on any atom is 0.155 e. The van der Waals surface area contributed by atoms with E-state index < -0.39 is 0 Å². The van der Waals surface area contributed by atoms with Gasteiger partial charge in [0.25, 0.3) is 0 Å². The van der Waals surface area contributed by atoms with Crippen LogP contribution >= 0.6 is 0 Å². The summed E-state index contributed by atoms with van der Waals surface area (Å²) < 4.78 is 0. The van der Waals surface area contributed by atoms with Crippen LogP contribution in [0.2, 0.25) is 0 Å². The van der Waals surface area contributed by atoms with Crippen LogP contribution < -0.4 is 0 Å². The molecule has 144 valence electrons. The zero-order valence-electron chi connectivity index (χ0n) is 16.3. The fraction of sp³-hybridized carbons (Fsp3) is 0.773. The van der Waals surface area contributed by atoms with Gasteiger partial charge in [-0.25, -0.2) is 0 Å². The number of hydrogen-bond donors (Lipinski definition) is 0. The van der Waals surface area contributed by atoms with Gasteiger partial charge in [-0.1, -0.05) is 57.4 Å². The van der Waals surface area contributed by atoms with E-state index in [1.54, 1.807) is 13.0 Å². The van der Waals surface area contributed by atoms with Crippen LogP contribution in [0, 0.1) is 0 Å². The maximum atomic E-state index is 11.7. The van der Waals surface area contributed by atoms with Crippen LogP contribution in [0.5, 0.6) is 0 Å². The lowest BCUT2D eigenvalue weighted by atomic mass is 10.1. The number of unbranched alkanes of at least 4 members (excludes halogenated alkanes) is 12. The number of ketones is 2. The molecule has 0 fully saturated rings. The first kappa shape index (κ1) is 23.8. The van der Waals surface area contributed by atoms with Crippen molar-refractivity contribution in [2.45, 2.75) is 110 Å². The molecule has 0 spiro atoms. The molecule has 0 N–H and O–H groups in total. The smallest absolute Gasteiger partial charge is 0.155 e. The van der Waals surface area contributed by atoms with E-state index in [9.17, 15) is 14.4 Å². The number of rotatable bonds is 19. The largest absolute Gasteiger partial charge is 0.303 e. The van der Waals surface area contributed by atoms with Gasteiger partial charge in [0.15, 0.2) is 5.78 Å². The number of carbonyl (C=O) groups excluding carboxylic acids is 3. The topological polar surface area (TPSA) is 51.2 Å². The Kier molecular flexibility index (Phi) is 18.1. The SMILES string of the molecule is CC(=O)CCCCCCCC(=O)C=CCCCCCCCCCC=O. The predicted molar refractivity (Wildman–Crippen MR) is 105 cm³/mol. The van der Waals surface area contributed by atoms with Gasteiger partial charge in [0.05, 0.1) is 0 Å². The second-order valence-electron chi connectivity index (χ2n) is 7.06. The van der Waals surface area contributed by atoms with Crippen molar-refractivity contribution in [2.24, 2.45) is 0 Å². The van der Waals surface area contributed by atoms with Crippen molar-refractivity contribution in [3.05, 3.63) is 12.2 Å². The van der Waals surface area contributed by atoms with Crippen LogP contribution in [0.1, 0.15) is 110 Å². The summed E-state index contributed by atoms with van der Waals surface area (Å²) in [5.74, 6) is 0.522. The van der Waals surface area contributed by atoms with Crippen molar-refractivity contribution < 1.29 is 14.4 Å². The molecule has 0 bridgehead atoms. The van der Waals surface area contributed by atoms with E-state index in [0.29, 0.717) is 19.3 Å². The van der Waals surface area contributed by atoms with Crippen molar-refractivity contribution in [3.63, 3.8) is 0 Å². The summed E-state index contributed by atoms with van der Waals surface area (Å²) in [6.45, 7) is 1.64. The highest BCUT2D eigenvalue weighted by Crippen LogP contribution is 2.10. The average molecular weight is 351 g/mol. The van der Waals surface area contributed by atoms with Gasteiger partial charge in [0, 0.05) is 19.3 Å². The van der Waals surface area contributed by atoms with Crippen molar-refractivity contribution in [1.29, 1.82) is 0 Å². The molecule has 0 aromatic rings. The van der Waals surface area contributed by atoms with Crippen LogP contribution in [0.4, 0.5) is 0 Å². The van der Waals surface area contributed by atoms with Gasteiger partial charge in [-0.15, -0.1) is 0 Å². The molecular weight excluding hydrogens is 312 g/mol. The molecule has 0 aliphatic rings. The van der Waals surface area contributed by atoms with E-state index in [0.717, 1.165) is 57.7 Å². The molecule has 25 heavy (non-hydrogen) atoms. The molecule has 0 saturated carbocycles. The Morgan fingerprint density at radius 2 is 1.12 bits per heavy atom. The molecule has 0 unspecified atom stereocenters. The van der Waals surface area contributed by atoms with E-state index in [1.807, 2.05) is 6.08 Å². The lowest BCUT2D eigenvalue weighted by Gasteiger charge is -2.00. The molecule has 3 heteroatoms. The van der Waals surface area contributed by atoms with Crippen LogP contribution in [-0.4, -0.2) is 17.9 Å². The van der Waals surface area contributed by atoms with Crippen molar-refractivity contribution in [2.75, 3.05) is 0 Å². The Morgan fingerprint density at radius 3 is 1.68 bits per heavy atom. The quantitative estimate of drug-likeness (QED) is 0.160. The van der Waals surface area contributed by atoms with Crippen LogP contribution in [0.25, 0.3) is 0 Å². The van der Waals surface area contributed by atoms with Gasteiger partial charge in [-0.2, -0.15) is 0 Å². The number of carbonyl (C=O) groups is 3. The first-order valence-corrected chi connectivity index (χ1v) is 10.3. The molecule has 0 aliphatic carbocycles. The molecule has 0 saturated heterocycles. The van der Waals surface area contributed by atoms with Gasteiger partial charge in [-0.05, 0) is 45.1 Å². The minimum atomic E-state index is 0.249. The van der Waals surface area contributed by atoms with Gasteiger partial charge in [-0.3, -0.25) is 4.79 Å². The van der Waals surface area contributed by atoms with E-state index in [-0.39, 0.29) is 11.6 Å². The normalized spacial score (nSPS) is 11.1. The second kappa shape index (κ2) is 19.1. The highest BCUT2D eigenvalue weighted by molar-refractivity contribution is 5.89. The van der Waals surface area contributed by atoms with Gasteiger partial charge in [0.2, 0.25) is 0 Å². The first-order valence-electron chi connectivity index (χ1n) is 10.3. The Labute approximate surface area is 154 Å². The standard InChI is InChI=1S/C22H38O3/c1-21(24)17-13-9-8-11-15-19-22(25)18-14-10-6-4-2-3-5-7-12-16-20-23/h14,18,20H,2-13,15-17,19H2,1H3. The molecule has 0 radical (unpaired) electrons. The summed E-state index contributed by atoms with van der Waals surface area (Å²) in [5.41, 5.74) is 0. The number of Topliss-reactive ketones (excluding diaryl/α,β-unsaturated/α-hetero) is 1. The number of hydrogen-bond acceptors (Lipinski definition) is 3. The third-order valence-corrected chi connectivity index (χ3v) is 4.45. The minimum absolute atomic E-state index is 0.249. The van der Waals surface area contributed by atoms with Crippen LogP contribution in [-0.2, 0) is 14.4 Å². The van der Waals surface area contributed by atoms with Crippen molar-refractivity contribution >= 4 is 17.9 Å². The molecule has 0 atom stereocenters. The summed E-state index contributed by atoms with van der Waals surface area (Å²) in [7, 11) is 0. The first-order chi connectivity index (χ1) is 12.2. The highest BCUT2D eigenvalue weighted by atomic mass is 16.1. The van der Waals surface area contributed by atoms with Crippen LogP contribution in [0.15, 0.2) is 12.2 Å². The number of aldehydes is 1. The zero-order chi connectivity index (χ0) is 18.6. The molecule has 0 rings (SSSR count). The molecule has 3 nitrogen and oxygen atoms in total. The predicted octanol–water partition coefficient (Wildman–Crippen LogP) is 6.14. The van der Waals surface area contributed by atoms with Gasteiger partial charge >= 0.3 is 0 Å². The molecule has 0 aromatic carbocycles. The zero-order valence-corrected chi connectivity index (χ0v) is 16.3. The lowest BCUT2D eigenvalue weighted by molar-refractivity contribution is -0.117. The molecule has 0 aliphatic heterocycles. The fourth-order valence-corrected chi connectivity index (χ4v) is 2.88. The van der Waals surface area contributed by atoms with Crippen molar-refractivity contribution in [3.8, 4) is 0 Å². The third-order valence-electron chi connectivity index (χ3n) is 4.45. The minimum Gasteiger partial charge on any atom is -0.303 e. The van der Waals surface area contributed by atoms with Crippen LogP contribution in [0.3, 0.4) is 0 Å². The third kappa shape index (κ3) is 20.7. The Hall–Kier alpha value is -1.25. The van der Waals surface area contributed by atoms with E-state index in [2.05, 4.69) is 0 Å². The second-order valence-corrected chi connectivity index (χ2v) is 7.06. The highest BCUT2D eigenvalue weighted by Gasteiger charge is 1.98. The monoisotopic (exact) mass is 350 g/mol. The number of allylic oxidation sites excluding steroid dienone is 2. The van der Waals surface area contributed by atoms with E-state index >= 15 is 0 Å². The summed E-state index contributed by atoms with van der Waals surface area (Å²) in [6, 6.07) is 0. The van der Waals surface area contributed by atoms with E-state index in [1.165, 1.54) is 32.1 Å². The Balaban J connectivity index is 3.29. The Morgan fingerprint density at radius 1 is 0.640 bits per heavy atom. The van der Waals surface area contributed by atoms with Gasteiger partial charge in [0.1, 0.15) is 12.1 Å². The summed E-state index contributed by atoms with van der Waals surface area (Å²) in [5, 5.41) is 0. The van der Waals surface area contributed by atoms with E-state index in [4.69, 9.17) is 0 Å². The Bertz CT molecular complexity index is 371. The molecule has 0 aromatic heterocycles. The van der Waals surface area contributed by atoms with Gasteiger partial charge < -0.3 is 9.59 Å². The molecule has 0 heterocycles. The molecule has 0 amide bonds.